The van der Waals surface area contributed by atoms with Gasteiger partial charge in [-0.2, -0.15) is 0 Å². The van der Waals surface area contributed by atoms with E-state index >= 15 is 0 Å². The smallest absolute Gasteiger partial charge is 0.243 e. The Morgan fingerprint density at radius 1 is 0.906 bits per heavy atom. The molecule has 328 valence electrons. The predicted octanol–water partition coefficient (Wildman–Crippen LogP) is 7.59. The summed E-state index contributed by atoms with van der Waals surface area (Å²) in [6.07, 6.45) is 5.93. The zero-order chi connectivity index (χ0) is 44.2. The third-order valence-electron chi connectivity index (χ3n) is 12.9. The lowest BCUT2D eigenvalue weighted by Crippen LogP contribution is -2.48. The SMILES string of the molecule is Cc1ncsc1-c1ccc([C@H](C)NC(=O)[C@@H]2C[C@@H](O)CN2C(=O)[C@H](c2cc(-c3cnc(N4CC[C@H](c5cc6nnc(-c7ccccc7O)cc6n5C5CC5)C4)nc3)no2)C(C)C)cc1. The number of anilines is 1. The van der Waals surface area contributed by atoms with Crippen LogP contribution in [-0.4, -0.2) is 93.6 Å². The van der Waals surface area contributed by atoms with Crippen LogP contribution in [0.5, 0.6) is 5.75 Å². The normalized spacial score (nSPS) is 19.8. The Morgan fingerprint density at radius 2 is 1.69 bits per heavy atom. The second kappa shape index (κ2) is 16.9. The molecule has 15 nitrogen and oxygen atoms in total. The molecular formula is C48H50N10O5S. The van der Waals surface area contributed by atoms with Crippen LogP contribution >= 0.6 is 11.3 Å². The number of aliphatic hydroxyl groups is 1. The van der Waals surface area contributed by atoms with Crippen molar-refractivity contribution in [1.82, 2.24) is 45.1 Å². The van der Waals surface area contributed by atoms with Gasteiger partial charge in [0.15, 0.2) is 0 Å². The van der Waals surface area contributed by atoms with Crippen molar-refractivity contribution in [3.63, 3.8) is 0 Å². The molecule has 5 aromatic heterocycles. The van der Waals surface area contributed by atoms with Gasteiger partial charge < -0.3 is 34.4 Å². The summed E-state index contributed by atoms with van der Waals surface area (Å²) in [6.45, 7) is 9.34. The molecule has 2 aromatic carbocycles. The summed E-state index contributed by atoms with van der Waals surface area (Å²) in [4.78, 5) is 46.8. The summed E-state index contributed by atoms with van der Waals surface area (Å²) in [7, 11) is 0. The number of hydrogen-bond donors (Lipinski definition) is 3. The number of nitrogens with one attached hydrogen (secondary N) is 1. The van der Waals surface area contributed by atoms with Crippen molar-refractivity contribution in [2.75, 3.05) is 24.5 Å². The topological polar surface area (TPSA) is 189 Å². The van der Waals surface area contributed by atoms with Crippen molar-refractivity contribution in [3.8, 4) is 38.7 Å². The first-order valence-corrected chi connectivity index (χ1v) is 22.9. The Labute approximate surface area is 374 Å². The van der Waals surface area contributed by atoms with Crippen molar-refractivity contribution < 1.29 is 24.3 Å². The quantitative estimate of drug-likeness (QED) is 0.109. The van der Waals surface area contributed by atoms with E-state index in [0.717, 1.165) is 65.1 Å². The molecular weight excluding hydrogens is 829 g/mol. The number of thiazole rings is 1. The monoisotopic (exact) mass is 878 g/mol. The van der Waals surface area contributed by atoms with Gasteiger partial charge in [-0.1, -0.05) is 55.4 Å². The van der Waals surface area contributed by atoms with E-state index in [1.165, 1.54) is 10.6 Å². The first kappa shape index (κ1) is 41.5. The lowest BCUT2D eigenvalue weighted by molar-refractivity contribution is -0.141. The number of phenolic OH excluding ortho intramolecular Hbond substituents is 1. The van der Waals surface area contributed by atoms with Crippen molar-refractivity contribution in [2.45, 2.75) is 89.4 Å². The van der Waals surface area contributed by atoms with Crippen LogP contribution < -0.4 is 10.2 Å². The molecule has 10 rings (SSSR count). The molecule has 3 fully saturated rings. The highest BCUT2D eigenvalue weighted by molar-refractivity contribution is 7.13. The number of phenols is 1. The van der Waals surface area contributed by atoms with Crippen molar-refractivity contribution in [3.05, 3.63) is 107 Å². The lowest BCUT2D eigenvalue weighted by Gasteiger charge is -2.29. The van der Waals surface area contributed by atoms with Gasteiger partial charge >= 0.3 is 0 Å². The van der Waals surface area contributed by atoms with Gasteiger partial charge in [-0.15, -0.1) is 21.5 Å². The third-order valence-corrected chi connectivity index (χ3v) is 13.9. The van der Waals surface area contributed by atoms with Gasteiger partial charge in [0, 0.05) is 73.3 Å². The van der Waals surface area contributed by atoms with Gasteiger partial charge in [-0.3, -0.25) is 9.59 Å². The van der Waals surface area contributed by atoms with Gasteiger partial charge in [0.2, 0.25) is 17.8 Å². The largest absolute Gasteiger partial charge is 0.507 e. The molecule has 1 saturated carbocycles. The molecule has 3 N–H and O–H groups in total. The number of fused-ring (bicyclic) bond motifs is 1. The minimum atomic E-state index is -0.840. The molecule has 2 saturated heterocycles. The summed E-state index contributed by atoms with van der Waals surface area (Å²) in [5.74, 6) is -0.132. The number of amides is 2. The molecule has 1 aliphatic carbocycles. The Balaban J connectivity index is 0.807. The Hall–Kier alpha value is -6.52. The number of likely N-dealkylation sites (tertiary alicyclic amines) is 1. The average molecular weight is 879 g/mol. The van der Waals surface area contributed by atoms with E-state index in [4.69, 9.17) is 14.5 Å². The minimum absolute atomic E-state index is 0.0442. The van der Waals surface area contributed by atoms with Crippen molar-refractivity contribution in [1.29, 1.82) is 0 Å². The third kappa shape index (κ3) is 7.89. The van der Waals surface area contributed by atoms with Crippen LogP contribution in [0.15, 0.2) is 89.2 Å². The average Bonchev–Trinajstić information content (AvgIpc) is 3.81. The van der Waals surface area contributed by atoms with E-state index < -0.39 is 18.1 Å². The molecule has 64 heavy (non-hydrogen) atoms. The number of rotatable bonds is 12. The minimum Gasteiger partial charge on any atom is -0.507 e. The second-order valence-electron chi connectivity index (χ2n) is 17.7. The van der Waals surface area contributed by atoms with E-state index in [2.05, 4.69) is 41.2 Å². The number of nitrogens with zero attached hydrogens (tertiary/aromatic N) is 9. The number of aryl methyl sites for hydroxylation is 1. The Morgan fingerprint density at radius 3 is 2.41 bits per heavy atom. The lowest BCUT2D eigenvalue weighted by atomic mass is 9.91. The van der Waals surface area contributed by atoms with E-state index in [0.29, 0.717) is 40.3 Å². The first-order valence-electron chi connectivity index (χ1n) is 22.0. The fourth-order valence-electron chi connectivity index (χ4n) is 9.40. The fourth-order valence-corrected chi connectivity index (χ4v) is 10.2. The molecule has 7 heterocycles. The van der Waals surface area contributed by atoms with Crippen LogP contribution in [0.25, 0.3) is 44.0 Å². The number of benzene rings is 2. The molecule has 5 atom stereocenters. The highest BCUT2D eigenvalue weighted by atomic mass is 32.1. The zero-order valence-corrected chi connectivity index (χ0v) is 36.9. The summed E-state index contributed by atoms with van der Waals surface area (Å²) in [5, 5.41) is 37.7. The van der Waals surface area contributed by atoms with Gasteiger partial charge in [0.1, 0.15) is 34.7 Å². The summed E-state index contributed by atoms with van der Waals surface area (Å²) < 4.78 is 8.28. The zero-order valence-electron chi connectivity index (χ0n) is 36.1. The van der Waals surface area contributed by atoms with Crippen LogP contribution in [0.1, 0.15) is 93.1 Å². The molecule has 16 heteroatoms. The van der Waals surface area contributed by atoms with E-state index in [9.17, 15) is 19.8 Å². The van der Waals surface area contributed by atoms with Gasteiger partial charge in [-0.05, 0) is 74.4 Å². The number of β-amino-alcohol motifs (C(OH)–C–C–N with tert-alkyl or cyclic N) is 1. The number of para-hydroxylation sites is 1. The van der Waals surface area contributed by atoms with Crippen LogP contribution in [0.3, 0.4) is 0 Å². The number of aliphatic hydroxyl groups excluding tert-OH is 1. The van der Waals surface area contributed by atoms with Crippen LogP contribution in [0, 0.1) is 12.8 Å². The Bertz CT molecular complexity index is 2830. The molecule has 0 unspecified atom stereocenters. The predicted molar refractivity (Wildman–Crippen MR) is 243 cm³/mol. The first-order chi connectivity index (χ1) is 31.0. The molecule has 7 aromatic rings. The number of hydrogen-bond acceptors (Lipinski definition) is 13. The number of carbonyl (C=O) groups excluding carboxylic acids is 2. The maximum Gasteiger partial charge on any atom is 0.243 e. The number of carbonyl (C=O) groups is 2. The molecule has 0 radical (unpaired) electrons. The second-order valence-corrected chi connectivity index (χ2v) is 18.6. The fraction of sp³-hybridized carbons (Fsp3) is 0.375. The molecule has 0 bridgehead atoms. The molecule has 2 aliphatic heterocycles. The highest BCUT2D eigenvalue weighted by Crippen LogP contribution is 2.44. The van der Waals surface area contributed by atoms with Gasteiger partial charge in [0.05, 0.1) is 39.4 Å². The molecule has 3 aliphatic rings. The number of aromatic nitrogens is 7. The van der Waals surface area contributed by atoms with Crippen molar-refractivity contribution >= 4 is 40.1 Å². The van der Waals surface area contributed by atoms with Gasteiger partial charge in [0.25, 0.3) is 0 Å². The van der Waals surface area contributed by atoms with Crippen LogP contribution in [0.4, 0.5) is 5.95 Å². The standard InChI is InChI=1S/C48H50N10O5S/c1-26(2)44(47(62)57-24-34(59)17-41(57)46(61)52-27(3)29-9-11-30(12-10-29)45-28(4)51-25-64-45)43-20-36(55-63-43)32-21-49-48(50-22-32)56-16-15-31(23-56)39-19-38-40(58(39)33-13-14-33)18-37(53-54-38)35-7-5-6-8-42(35)60/h5-12,18-22,25-27,31,33-34,41,44,59-60H,13-17,23-24H2,1-4H3,(H,52,61)/t27-,31-,34+,41-,44-/m0/s1. The number of aromatic hydroxyl groups is 1. The van der Waals surface area contributed by atoms with E-state index in [-0.39, 0.29) is 48.4 Å². The maximum absolute atomic E-state index is 14.3. The summed E-state index contributed by atoms with van der Waals surface area (Å²) >= 11 is 1.59. The summed E-state index contributed by atoms with van der Waals surface area (Å²) in [6, 6.07) is 20.5. The Kier molecular flexibility index (Phi) is 10.9. The van der Waals surface area contributed by atoms with Crippen LogP contribution in [-0.2, 0) is 9.59 Å². The van der Waals surface area contributed by atoms with E-state index in [1.807, 2.05) is 75.7 Å². The van der Waals surface area contributed by atoms with Crippen LogP contribution in [0.2, 0.25) is 0 Å². The highest BCUT2D eigenvalue weighted by Gasteiger charge is 2.44. The maximum atomic E-state index is 14.3. The molecule has 0 spiro atoms. The molecule has 2 amide bonds. The van der Waals surface area contributed by atoms with Crippen molar-refractivity contribution in [2.24, 2.45) is 5.92 Å². The van der Waals surface area contributed by atoms with Gasteiger partial charge in [-0.25, -0.2) is 15.0 Å². The van der Waals surface area contributed by atoms with E-state index in [1.54, 1.807) is 41.9 Å². The summed E-state index contributed by atoms with van der Waals surface area (Å²) in [5.41, 5.74) is 10.4.